The van der Waals surface area contributed by atoms with E-state index in [4.69, 9.17) is 19.2 Å². The van der Waals surface area contributed by atoms with Crippen LogP contribution in [-0.4, -0.2) is 25.8 Å². The highest BCUT2D eigenvalue weighted by molar-refractivity contribution is 5.25. The fraction of sp³-hybridized carbons (Fsp3) is 0.500. The molecule has 1 aromatic carbocycles. The molecule has 0 saturated carbocycles. The van der Waals surface area contributed by atoms with Gasteiger partial charge in [-0.3, -0.25) is 0 Å². The molecule has 1 aromatic rings. The van der Waals surface area contributed by atoms with E-state index in [1.807, 2.05) is 24.3 Å². The Bertz CT molecular complexity index is 351. The Balaban J connectivity index is 1.53. The van der Waals surface area contributed by atoms with Gasteiger partial charge in [0.2, 0.25) is 12.6 Å². The number of benzene rings is 1. The average molecular weight is 254 g/mol. The first-order chi connectivity index (χ1) is 8.92. The zero-order valence-corrected chi connectivity index (χ0v) is 9.74. The smallest absolute Gasteiger partial charge is 0.218 e. The van der Waals surface area contributed by atoms with Crippen LogP contribution in [0.5, 0.6) is 0 Å². The van der Waals surface area contributed by atoms with Crippen LogP contribution in [0.3, 0.4) is 0 Å². The topological polar surface area (TPSA) is 55.4 Å². The lowest BCUT2D eigenvalue weighted by molar-refractivity contribution is -0.484. The third kappa shape index (κ3) is 2.86. The van der Waals surface area contributed by atoms with Gasteiger partial charge < -0.3 is 9.47 Å². The lowest BCUT2D eigenvalue weighted by Gasteiger charge is -2.26. The quantitative estimate of drug-likeness (QED) is 0.713. The van der Waals surface area contributed by atoms with Gasteiger partial charge in [0.25, 0.3) is 0 Å². The second kappa shape index (κ2) is 5.75. The van der Waals surface area contributed by atoms with E-state index in [1.54, 1.807) is 0 Å². The van der Waals surface area contributed by atoms with Crippen LogP contribution >= 0.6 is 0 Å². The largest absolute Gasteiger partial charge is 0.343 e. The molecule has 0 spiro atoms. The molecule has 0 aromatic heterocycles. The molecule has 98 valence electrons. The zero-order chi connectivity index (χ0) is 12.2. The number of rotatable bonds is 6. The highest BCUT2D eigenvalue weighted by atomic mass is 17.3. The molecule has 2 atom stereocenters. The minimum Gasteiger partial charge on any atom is -0.343 e. The molecular formula is C12H14O6. The van der Waals surface area contributed by atoms with Crippen LogP contribution < -0.4 is 0 Å². The highest BCUT2D eigenvalue weighted by Crippen LogP contribution is 2.17. The fourth-order valence-corrected chi connectivity index (χ4v) is 1.60. The molecule has 18 heavy (non-hydrogen) atoms. The van der Waals surface area contributed by atoms with Crippen LogP contribution in [0.1, 0.15) is 11.1 Å². The van der Waals surface area contributed by atoms with Crippen molar-refractivity contribution < 1.29 is 29.0 Å². The summed E-state index contributed by atoms with van der Waals surface area (Å²) in [6.07, 6.45) is -0.523. The summed E-state index contributed by atoms with van der Waals surface area (Å²) in [6, 6.07) is 7.92. The molecule has 0 amide bonds. The normalized spacial score (nSPS) is 26.4. The Hall–Kier alpha value is -1.02. The summed E-state index contributed by atoms with van der Waals surface area (Å²) in [4.78, 5) is 18.6. The van der Waals surface area contributed by atoms with Crippen molar-refractivity contribution in [2.24, 2.45) is 0 Å². The first-order valence-electron chi connectivity index (χ1n) is 5.78. The third-order valence-electron chi connectivity index (χ3n) is 2.73. The van der Waals surface area contributed by atoms with E-state index in [1.165, 1.54) is 0 Å². The lowest BCUT2D eigenvalue weighted by atomic mass is 10.1. The van der Waals surface area contributed by atoms with Gasteiger partial charge in [0.1, 0.15) is 13.2 Å². The van der Waals surface area contributed by atoms with Gasteiger partial charge in [-0.25, -0.2) is 19.6 Å². The van der Waals surface area contributed by atoms with Gasteiger partial charge in [0.15, 0.2) is 0 Å². The zero-order valence-electron chi connectivity index (χ0n) is 9.74. The fourth-order valence-electron chi connectivity index (χ4n) is 1.60. The first-order valence-corrected chi connectivity index (χ1v) is 5.78. The maximum atomic E-state index is 5.49. The van der Waals surface area contributed by atoms with E-state index < -0.39 is 0 Å². The second-order valence-corrected chi connectivity index (χ2v) is 4.01. The predicted octanol–water partition coefficient (Wildman–Crippen LogP) is 1.30. The van der Waals surface area contributed by atoms with Gasteiger partial charge in [-0.1, -0.05) is 24.3 Å². The average Bonchev–Trinajstić information content (AvgIpc) is 2.27. The summed E-state index contributed by atoms with van der Waals surface area (Å²) in [6.45, 7) is 1.89. The Labute approximate surface area is 104 Å². The summed E-state index contributed by atoms with van der Waals surface area (Å²) in [7, 11) is 0. The van der Waals surface area contributed by atoms with Gasteiger partial charge in [-0.2, -0.15) is 0 Å². The molecule has 6 heteroatoms. The van der Waals surface area contributed by atoms with E-state index in [9.17, 15) is 0 Å². The maximum absolute atomic E-state index is 5.49. The van der Waals surface area contributed by atoms with Crippen molar-refractivity contribution in [1.82, 2.24) is 0 Å². The van der Waals surface area contributed by atoms with Crippen LogP contribution in [0.25, 0.3) is 0 Å². The van der Waals surface area contributed by atoms with Gasteiger partial charge in [0, 0.05) is 0 Å². The van der Waals surface area contributed by atoms with E-state index in [0.29, 0.717) is 26.4 Å². The van der Waals surface area contributed by atoms with E-state index in [-0.39, 0.29) is 12.6 Å². The van der Waals surface area contributed by atoms with E-state index >= 15 is 0 Å². The molecule has 2 unspecified atom stereocenters. The van der Waals surface area contributed by atoms with Crippen molar-refractivity contribution >= 4 is 0 Å². The summed E-state index contributed by atoms with van der Waals surface area (Å²) in [5, 5.41) is 0. The predicted molar refractivity (Wildman–Crippen MR) is 57.7 cm³/mol. The van der Waals surface area contributed by atoms with Crippen LogP contribution in [-0.2, 0) is 42.2 Å². The summed E-state index contributed by atoms with van der Waals surface area (Å²) >= 11 is 0. The Morgan fingerprint density at radius 1 is 0.889 bits per heavy atom. The molecule has 0 N–H and O–H groups in total. The van der Waals surface area contributed by atoms with Crippen LogP contribution in [0.15, 0.2) is 24.3 Å². The standard InChI is InChI=1S/C12H14O6/c1-2-4-10(6-14-12-8-16-18-12)9(3-1)5-13-11-7-15-17-11/h1-4,11-12H,5-8H2. The summed E-state index contributed by atoms with van der Waals surface area (Å²) in [5.41, 5.74) is 2.13. The lowest BCUT2D eigenvalue weighted by Crippen LogP contribution is -2.34. The highest BCUT2D eigenvalue weighted by Gasteiger charge is 2.23. The molecule has 0 aliphatic carbocycles. The number of ether oxygens (including phenoxy) is 2. The van der Waals surface area contributed by atoms with Gasteiger partial charge in [0.05, 0.1) is 13.2 Å². The van der Waals surface area contributed by atoms with Crippen molar-refractivity contribution in [2.75, 3.05) is 13.2 Å². The van der Waals surface area contributed by atoms with E-state index in [0.717, 1.165) is 11.1 Å². The van der Waals surface area contributed by atoms with Gasteiger partial charge >= 0.3 is 0 Å². The molecule has 6 nitrogen and oxygen atoms in total. The van der Waals surface area contributed by atoms with E-state index in [2.05, 4.69) is 9.78 Å². The monoisotopic (exact) mass is 254 g/mol. The molecule has 3 rings (SSSR count). The molecule has 0 radical (unpaired) electrons. The summed E-state index contributed by atoms with van der Waals surface area (Å²) in [5.74, 6) is 0. The Morgan fingerprint density at radius 2 is 1.33 bits per heavy atom. The van der Waals surface area contributed by atoms with Crippen LogP contribution in [0.2, 0.25) is 0 Å². The molecule has 2 aliphatic rings. The second-order valence-electron chi connectivity index (χ2n) is 4.01. The van der Waals surface area contributed by atoms with Crippen molar-refractivity contribution in [3.05, 3.63) is 35.4 Å². The Kier molecular flexibility index (Phi) is 3.84. The molecule has 0 bridgehead atoms. The SMILES string of the molecule is c1ccc(COC2COO2)c(COC2COO2)c1. The van der Waals surface area contributed by atoms with Crippen molar-refractivity contribution in [3.63, 3.8) is 0 Å². The van der Waals surface area contributed by atoms with Gasteiger partial charge in [-0.15, -0.1) is 0 Å². The number of hydrogen-bond donors (Lipinski definition) is 0. The van der Waals surface area contributed by atoms with Crippen LogP contribution in [0.4, 0.5) is 0 Å². The minimum absolute atomic E-state index is 0.262. The number of hydrogen-bond acceptors (Lipinski definition) is 6. The molecular weight excluding hydrogens is 240 g/mol. The van der Waals surface area contributed by atoms with Crippen molar-refractivity contribution in [2.45, 2.75) is 25.8 Å². The molecule has 2 heterocycles. The third-order valence-corrected chi connectivity index (χ3v) is 2.73. The van der Waals surface area contributed by atoms with Crippen LogP contribution in [0, 0.1) is 0 Å². The molecule has 2 aliphatic heterocycles. The van der Waals surface area contributed by atoms with Gasteiger partial charge in [-0.05, 0) is 11.1 Å². The summed E-state index contributed by atoms with van der Waals surface area (Å²) < 4.78 is 11.0. The maximum Gasteiger partial charge on any atom is 0.218 e. The van der Waals surface area contributed by atoms with Crippen molar-refractivity contribution in [1.29, 1.82) is 0 Å². The molecule has 2 fully saturated rings. The minimum atomic E-state index is -0.262. The Morgan fingerprint density at radius 3 is 1.67 bits per heavy atom. The van der Waals surface area contributed by atoms with Crippen molar-refractivity contribution in [3.8, 4) is 0 Å². The molecule has 2 saturated heterocycles. The first kappa shape index (κ1) is 12.0.